The highest BCUT2D eigenvalue weighted by Crippen LogP contribution is 2.32. The Kier molecular flexibility index (Phi) is 4.04. The molecule has 0 aromatic heterocycles. The molecule has 1 aliphatic heterocycles. The van der Waals surface area contributed by atoms with Crippen molar-refractivity contribution >= 4 is 0 Å². The Morgan fingerprint density at radius 2 is 2.07 bits per heavy atom. The molecular formula is C13H26N2. The van der Waals surface area contributed by atoms with Crippen LogP contribution in [0.3, 0.4) is 0 Å². The molecule has 1 saturated heterocycles. The molecule has 2 rings (SSSR count). The second-order valence-electron chi connectivity index (χ2n) is 5.32. The van der Waals surface area contributed by atoms with E-state index in [2.05, 4.69) is 24.1 Å². The van der Waals surface area contributed by atoms with Gasteiger partial charge in [-0.2, -0.15) is 0 Å². The van der Waals surface area contributed by atoms with Crippen LogP contribution in [0, 0.1) is 5.92 Å². The first-order valence-electron chi connectivity index (χ1n) is 6.78. The SMILES string of the molecule is CCC1CCN(C(C)C2CCC2)CCN1. The Balaban J connectivity index is 1.81. The molecule has 1 aliphatic carbocycles. The Morgan fingerprint density at radius 1 is 1.27 bits per heavy atom. The maximum atomic E-state index is 3.65. The minimum atomic E-state index is 0.767. The van der Waals surface area contributed by atoms with Gasteiger partial charge in [-0.25, -0.2) is 0 Å². The second-order valence-corrected chi connectivity index (χ2v) is 5.32. The van der Waals surface area contributed by atoms with Crippen molar-refractivity contribution < 1.29 is 0 Å². The largest absolute Gasteiger partial charge is 0.313 e. The van der Waals surface area contributed by atoms with Gasteiger partial charge in [0.25, 0.3) is 0 Å². The number of nitrogens with zero attached hydrogens (tertiary/aromatic N) is 1. The third kappa shape index (κ3) is 2.73. The predicted molar refractivity (Wildman–Crippen MR) is 65.1 cm³/mol. The lowest BCUT2D eigenvalue weighted by atomic mass is 9.79. The number of hydrogen-bond donors (Lipinski definition) is 1. The van der Waals surface area contributed by atoms with Gasteiger partial charge in [-0.15, -0.1) is 0 Å². The van der Waals surface area contributed by atoms with Crippen molar-refractivity contribution in [2.45, 2.75) is 58.0 Å². The monoisotopic (exact) mass is 210 g/mol. The molecule has 1 N–H and O–H groups in total. The molecular weight excluding hydrogens is 184 g/mol. The van der Waals surface area contributed by atoms with E-state index in [0.29, 0.717) is 0 Å². The van der Waals surface area contributed by atoms with Gasteiger partial charge in [-0.1, -0.05) is 13.3 Å². The third-order valence-electron chi connectivity index (χ3n) is 4.50. The Labute approximate surface area is 94.4 Å². The van der Waals surface area contributed by atoms with Crippen molar-refractivity contribution in [2.75, 3.05) is 19.6 Å². The molecule has 1 heterocycles. The highest BCUT2D eigenvalue weighted by Gasteiger charge is 2.29. The van der Waals surface area contributed by atoms with Gasteiger partial charge in [-0.3, -0.25) is 4.90 Å². The van der Waals surface area contributed by atoms with E-state index in [-0.39, 0.29) is 0 Å². The van der Waals surface area contributed by atoms with Crippen LogP contribution in [-0.4, -0.2) is 36.6 Å². The molecule has 2 fully saturated rings. The van der Waals surface area contributed by atoms with E-state index >= 15 is 0 Å². The van der Waals surface area contributed by atoms with Crippen LogP contribution in [0.4, 0.5) is 0 Å². The molecule has 2 aliphatic rings. The van der Waals surface area contributed by atoms with Crippen molar-refractivity contribution in [1.82, 2.24) is 10.2 Å². The van der Waals surface area contributed by atoms with Crippen LogP contribution in [0.1, 0.15) is 46.0 Å². The molecule has 2 unspecified atom stereocenters. The molecule has 2 atom stereocenters. The molecule has 0 radical (unpaired) electrons. The average molecular weight is 210 g/mol. The van der Waals surface area contributed by atoms with Crippen LogP contribution in [0.25, 0.3) is 0 Å². The number of rotatable bonds is 3. The minimum absolute atomic E-state index is 0.767. The standard InChI is InChI=1S/C13H26N2/c1-3-13-7-9-15(10-8-14-13)11(2)12-5-4-6-12/h11-14H,3-10H2,1-2H3. The lowest BCUT2D eigenvalue weighted by Crippen LogP contribution is -2.42. The smallest absolute Gasteiger partial charge is 0.0110 e. The summed E-state index contributed by atoms with van der Waals surface area (Å²) >= 11 is 0. The number of nitrogens with one attached hydrogen (secondary N) is 1. The zero-order chi connectivity index (χ0) is 10.7. The van der Waals surface area contributed by atoms with Crippen molar-refractivity contribution in [3.8, 4) is 0 Å². The molecule has 2 heteroatoms. The Morgan fingerprint density at radius 3 is 2.67 bits per heavy atom. The molecule has 0 aromatic rings. The molecule has 2 nitrogen and oxygen atoms in total. The third-order valence-corrected chi connectivity index (χ3v) is 4.50. The lowest BCUT2D eigenvalue weighted by Gasteiger charge is -2.38. The van der Waals surface area contributed by atoms with E-state index < -0.39 is 0 Å². The zero-order valence-electron chi connectivity index (χ0n) is 10.3. The van der Waals surface area contributed by atoms with Gasteiger partial charge >= 0.3 is 0 Å². The van der Waals surface area contributed by atoms with Crippen LogP contribution in [0.5, 0.6) is 0 Å². The lowest BCUT2D eigenvalue weighted by molar-refractivity contribution is 0.113. The summed E-state index contributed by atoms with van der Waals surface area (Å²) in [6, 6.07) is 1.60. The van der Waals surface area contributed by atoms with E-state index in [1.807, 2.05) is 0 Å². The Hall–Kier alpha value is -0.0800. The van der Waals surface area contributed by atoms with Crippen LogP contribution in [-0.2, 0) is 0 Å². The second kappa shape index (κ2) is 5.31. The van der Waals surface area contributed by atoms with Gasteiger partial charge in [0, 0.05) is 25.2 Å². The van der Waals surface area contributed by atoms with Crippen LogP contribution in [0.15, 0.2) is 0 Å². The summed E-state index contributed by atoms with van der Waals surface area (Å²) in [6.45, 7) is 8.49. The summed E-state index contributed by atoms with van der Waals surface area (Å²) in [5, 5.41) is 3.65. The van der Waals surface area contributed by atoms with E-state index in [0.717, 1.165) is 18.0 Å². The molecule has 0 aromatic carbocycles. The molecule has 1 saturated carbocycles. The normalized spacial score (nSPS) is 32.0. The van der Waals surface area contributed by atoms with Crippen LogP contribution >= 0.6 is 0 Å². The fourth-order valence-electron chi connectivity index (χ4n) is 2.92. The van der Waals surface area contributed by atoms with Crippen LogP contribution < -0.4 is 5.32 Å². The van der Waals surface area contributed by atoms with E-state index in [1.165, 1.54) is 51.7 Å². The summed E-state index contributed by atoms with van der Waals surface area (Å²) in [5.74, 6) is 1.00. The van der Waals surface area contributed by atoms with Gasteiger partial charge in [0.2, 0.25) is 0 Å². The van der Waals surface area contributed by atoms with E-state index in [9.17, 15) is 0 Å². The van der Waals surface area contributed by atoms with Gasteiger partial charge in [-0.05, 0) is 45.1 Å². The molecule has 15 heavy (non-hydrogen) atoms. The summed E-state index contributed by atoms with van der Waals surface area (Å²) in [5.41, 5.74) is 0. The molecule has 0 bridgehead atoms. The first kappa shape index (κ1) is 11.4. The fourth-order valence-corrected chi connectivity index (χ4v) is 2.92. The topological polar surface area (TPSA) is 15.3 Å². The highest BCUT2D eigenvalue weighted by molar-refractivity contribution is 4.84. The van der Waals surface area contributed by atoms with Gasteiger partial charge < -0.3 is 5.32 Å². The molecule has 0 spiro atoms. The summed E-state index contributed by atoms with van der Waals surface area (Å²) < 4.78 is 0. The average Bonchev–Trinajstić information content (AvgIpc) is 2.39. The first-order valence-corrected chi connectivity index (χ1v) is 6.78. The van der Waals surface area contributed by atoms with Gasteiger partial charge in [0.05, 0.1) is 0 Å². The van der Waals surface area contributed by atoms with Gasteiger partial charge in [0.15, 0.2) is 0 Å². The summed E-state index contributed by atoms with van der Waals surface area (Å²) in [6.07, 6.45) is 7.04. The zero-order valence-corrected chi connectivity index (χ0v) is 10.3. The molecule has 0 amide bonds. The predicted octanol–water partition coefficient (Wildman–Crippen LogP) is 2.25. The fraction of sp³-hybridized carbons (Fsp3) is 1.00. The number of hydrogen-bond acceptors (Lipinski definition) is 2. The van der Waals surface area contributed by atoms with Crippen molar-refractivity contribution in [1.29, 1.82) is 0 Å². The molecule has 88 valence electrons. The summed E-state index contributed by atoms with van der Waals surface area (Å²) in [7, 11) is 0. The summed E-state index contributed by atoms with van der Waals surface area (Å²) in [4.78, 5) is 2.71. The highest BCUT2D eigenvalue weighted by atomic mass is 15.2. The van der Waals surface area contributed by atoms with E-state index in [4.69, 9.17) is 0 Å². The van der Waals surface area contributed by atoms with E-state index in [1.54, 1.807) is 0 Å². The maximum absolute atomic E-state index is 3.65. The first-order chi connectivity index (χ1) is 7.31. The van der Waals surface area contributed by atoms with Crippen molar-refractivity contribution in [2.24, 2.45) is 5.92 Å². The van der Waals surface area contributed by atoms with Crippen molar-refractivity contribution in [3.05, 3.63) is 0 Å². The minimum Gasteiger partial charge on any atom is -0.313 e. The quantitative estimate of drug-likeness (QED) is 0.768. The van der Waals surface area contributed by atoms with Gasteiger partial charge in [0.1, 0.15) is 0 Å². The van der Waals surface area contributed by atoms with Crippen molar-refractivity contribution in [3.63, 3.8) is 0 Å². The maximum Gasteiger partial charge on any atom is 0.0110 e. The van der Waals surface area contributed by atoms with Crippen LogP contribution in [0.2, 0.25) is 0 Å². The Bertz CT molecular complexity index is 189.